The molecule has 0 saturated carbocycles. The molecule has 0 aromatic heterocycles. The van der Waals surface area contributed by atoms with Crippen LogP contribution in [0.2, 0.25) is 0 Å². The van der Waals surface area contributed by atoms with Crippen LogP contribution in [0.15, 0.2) is 30.3 Å². The van der Waals surface area contributed by atoms with Crippen LogP contribution in [0.3, 0.4) is 0 Å². The minimum atomic E-state index is -0.166. The number of anilines is 1. The van der Waals surface area contributed by atoms with Crippen molar-refractivity contribution >= 4 is 11.7 Å². The maximum absolute atomic E-state index is 11.8. The van der Waals surface area contributed by atoms with E-state index in [4.69, 9.17) is 33.2 Å². The Kier molecular flexibility index (Phi) is 23.5. The first-order chi connectivity index (χ1) is 17.8. The van der Waals surface area contributed by atoms with Crippen molar-refractivity contribution in [3.05, 3.63) is 30.3 Å². The molecule has 10 heteroatoms. The summed E-state index contributed by atoms with van der Waals surface area (Å²) in [6, 6.07) is 9.25. The number of unbranched alkanes of at least 4 members (excludes halogenated alkanes) is 3. The maximum atomic E-state index is 11.8. The van der Waals surface area contributed by atoms with E-state index in [-0.39, 0.29) is 6.03 Å². The molecular weight excluding hydrogens is 468 g/mol. The number of hydrogen-bond donors (Lipinski definition) is 2. The lowest BCUT2D eigenvalue weighted by molar-refractivity contribution is -0.0191. The minimum Gasteiger partial charge on any atom is -0.382 e. The maximum Gasteiger partial charge on any atom is 0.319 e. The number of carbonyl (C=O) groups is 1. The average molecular weight is 515 g/mol. The van der Waals surface area contributed by atoms with Gasteiger partial charge < -0.3 is 43.8 Å². The van der Waals surface area contributed by atoms with Gasteiger partial charge in [0.2, 0.25) is 0 Å². The van der Waals surface area contributed by atoms with Gasteiger partial charge in [0.25, 0.3) is 0 Å². The van der Waals surface area contributed by atoms with Crippen molar-refractivity contribution in [1.82, 2.24) is 5.32 Å². The Morgan fingerprint density at radius 1 is 0.583 bits per heavy atom. The van der Waals surface area contributed by atoms with Crippen LogP contribution >= 0.6 is 0 Å². The second kappa shape index (κ2) is 26.3. The third-order valence-electron chi connectivity index (χ3n) is 4.82. The van der Waals surface area contributed by atoms with Gasteiger partial charge in [-0.2, -0.15) is 0 Å². The standard InChI is InChI=1S/C26H46N2O8/c1-30-13-14-32-17-18-34-21-22-36-24-23-35-20-19-33-16-15-31-12-8-3-2-7-11-27-26(29)28-25-9-5-4-6-10-25/h4-6,9-10H,2-3,7-8,11-24H2,1H3,(H2,27,28,29). The Bertz CT molecular complexity index is 595. The summed E-state index contributed by atoms with van der Waals surface area (Å²) in [7, 11) is 1.65. The highest BCUT2D eigenvalue weighted by Gasteiger charge is 2.00. The van der Waals surface area contributed by atoms with Gasteiger partial charge in [-0.05, 0) is 25.0 Å². The van der Waals surface area contributed by atoms with Crippen LogP contribution in [0.25, 0.3) is 0 Å². The number of rotatable bonds is 26. The quantitative estimate of drug-likeness (QED) is 0.182. The van der Waals surface area contributed by atoms with Crippen molar-refractivity contribution in [3.63, 3.8) is 0 Å². The number of hydrogen-bond acceptors (Lipinski definition) is 8. The molecule has 0 radical (unpaired) electrons. The van der Waals surface area contributed by atoms with E-state index in [2.05, 4.69) is 10.6 Å². The summed E-state index contributed by atoms with van der Waals surface area (Å²) < 4.78 is 37.5. The number of carbonyl (C=O) groups excluding carboxylic acids is 1. The first-order valence-corrected chi connectivity index (χ1v) is 12.9. The lowest BCUT2D eigenvalue weighted by Gasteiger charge is -2.08. The summed E-state index contributed by atoms with van der Waals surface area (Å²) in [4.78, 5) is 11.8. The summed E-state index contributed by atoms with van der Waals surface area (Å²) in [6.45, 7) is 8.08. The Morgan fingerprint density at radius 2 is 1.03 bits per heavy atom. The SMILES string of the molecule is COCCOCCOCCOCCOCCOCCOCCCCCCNC(=O)Nc1ccccc1. The monoisotopic (exact) mass is 514 g/mol. The van der Waals surface area contributed by atoms with Gasteiger partial charge >= 0.3 is 6.03 Å². The van der Waals surface area contributed by atoms with Crippen LogP contribution in [0.1, 0.15) is 25.7 Å². The Labute approximate surface area is 216 Å². The summed E-state index contributed by atoms with van der Waals surface area (Å²) in [5.74, 6) is 0. The highest BCUT2D eigenvalue weighted by molar-refractivity contribution is 5.89. The summed E-state index contributed by atoms with van der Waals surface area (Å²) in [5, 5.41) is 5.67. The van der Waals surface area contributed by atoms with E-state index >= 15 is 0 Å². The molecule has 1 rings (SSSR count). The van der Waals surface area contributed by atoms with Gasteiger partial charge in [-0.3, -0.25) is 0 Å². The van der Waals surface area contributed by atoms with Crippen LogP contribution < -0.4 is 10.6 Å². The van der Waals surface area contributed by atoms with E-state index in [9.17, 15) is 4.79 Å². The molecule has 0 saturated heterocycles. The first kappa shape index (κ1) is 32.2. The Balaban J connectivity index is 1.67. The van der Waals surface area contributed by atoms with Crippen molar-refractivity contribution in [1.29, 1.82) is 0 Å². The number of para-hydroxylation sites is 1. The number of amides is 2. The summed E-state index contributed by atoms with van der Waals surface area (Å²) in [5.41, 5.74) is 0.794. The largest absolute Gasteiger partial charge is 0.382 e. The second-order valence-electron chi connectivity index (χ2n) is 7.83. The lowest BCUT2D eigenvalue weighted by Crippen LogP contribution is -2.29. The van der Waals surface area contributed by atoms with Crippen molar-refractivity contribution < 1.29 is 38.0 Å². The number of nitrogens with one attached hydrogen (secondary N) is 2. The molecule has 0 aliphatic rings. The van der Waals surface area contributed by atoms with Gasteiger partial charge in [0.1, 0.15) is 0 Å². The highest BCUT2D eigenvalue weighted by atomic mass is 16.6. The molecule has 10 nitrogen and oxygen atoms in total. The molecule has 0 fully saturated rings. The lowest BCUT2D eigenvalue weighted by atomic mass is 10.2. The number of ether oxygens (including phenoxy) is 7. The van der Waals surface area contributed by atoms with E-state index in [0.29, 0.717) is 85.8 Å². The van der Waals surface area contributed by atoms with E-state index in [0.717, 1.165) is 38.0 Å². The van der Waals surface area contributed by atoms with E-state index < -0.39 is 0 Å². The van der Waals surface area contributed by atoms with Gasteiger partial charge in [-0.25, -0.2) is 4.79 Å². The summed E-state index contributed by atoms with van der Waals surface area (Å²) >= 11 is 0. The molecule has 0 unspecified atom stereocenters. The van der Waals surface area contributed by atoms with Gasteiger partial charge in [0, 0.05) is 25.9 Å². The molecular formula is C26H46N2O8. The molecule has 1 aromatic rings. The molecule has 0 aliphatic heterocycles. The van der Waals surface area contributed by atoms with Gasteiger partial charge in [-0.1, -0.05) is 31.0 Å². The van der Waals surface area contributed by atoms with Crippen molar-refractivity contribution in [3.8, 4) is 0 Å². The van der Waals surface area contributed by atoms with Crippen LogP contribution in [-0.4, -0.2) is 106 Å². The molecule has 0 bridgehead atoms. The van der Waals surface area contributed by atoms with Crippen molar-refractivity contribution in [2.24, 2.45) is 0 Å². The predicted octanol–water partition coefficient (Wildman–Crippen LogP) is 3.11. The molecule has 2 amide bonds. The second-order valence-corrected chi connectivity index (χ2v) is 7.83. The molecule has 0 aliphatic carbocycles. The van der Waals surface area contributed by atoms with Gasteiger partial charge in [-0.15, -0.1) is 0 Å². The van der Waals surface area contributed by atoms with Gasteiger partial charge in [0.15, 0.2) is 0 Å². The zero-order chi connectivity index (χ0) is 25.8. The van der Waals surface area contributed by atoms with E-state index in [1.807, 2.05) is 30.3 Å². The van der Waals surface area contributed by atoms with E-state index in [1.54, 1.807) is 7.11 Å². The zero-order valence-electron chi connectivity index (χ0n) is 21.9. The fourth-order valence-electron chi connectivity index (χ4n) is 2.93. The van der Waals surface area contributed by atoms with Gasteiger partial charge in [0.05, 0.1) is 79.3 Å². The third-order valence-corrected chi connectivity index (χ3v) is 4.82. The van der Waals surface area contributed by atoms with Crippen molar-refractivity contribution in [2.75, 3.05) is 105 Å². The molecule has 36 heavy (non-hydrogen) atoms. The first-order valence-electron chi connectivity index (χ1n) is 12.9. The molecule has 208 valence electrons. The fraction of sp³-hybridized carbons (Fsp3) is 0.731. The van der Waals surface area contributed by atoms with Crippen LogP contribution in [0.4, 0.5) is 10.5 Å². The number of methoxy groups -OCH3 is 1. The Morgan fingerprint density at radius 3 is 1.53 bits per heavy atom. The fourth-order valence-corrected chi connectivity index (χ4v) is 2.93. The molecule has 1 aromatic carbocycles. The highest BCUT2D eigenvalue weighted by Crippen LogP contribution is 2.04. The van der Waals surface area contributed by atoms with Crippen molar-refractivity contribution in [2.45, 2.75) is 25.7 Å². The smallest absolute Gasteiger partial charge is 0.319 e. The molecule has 2 N–H and O–H groups in total. The topological polar surface area (TPSA) is 106 Å². The number of benzene rings is 1. The van der Waals surface area contributed by atoms with E-state index in [1.165, 1.54) is 0 Å². The van der Waals surface area contributed by atoms with Crippen LogP contribution in [0.5, 0.6) is 0 Å². The average Bonchev–Trinajstić information content (AvgIpc) is 2.89. The minimum absolute atomic E-state index is 0.166. The molecule has 0 heterocycles. The zero-order valence-corrected chi connectivity index (χ0v) is 21.9. The number of urea groups is 1. The van der Waals surface area contributed by atoms with Crippen LogP contribution in [0, 0.1) is 0 Å². The molecule has 0 spiro atoms. The predicted molar refractivity (Wildman–Crippen MR) is 139 cm³/mol. The van der Waals surface area contributed by atoms with Crippen LogP contribution in [-0.2, 0) is 33.2 Å². The third kappa shape index (κ3) is 22.7. The molecule has 0 atom stereocenters. The Hall–Kier alpha value is -1.79. The summed E-state index contributed by atoms with van der Waals surface area (Å²) in [6.07, 6.45) is 4.10. The normalized spacial score (nSPS) is 11.0.